The maximum atomic E-state index is 13.9. The van der Waals surface area contributed by atoms with Crippen molar-refractivity contribution in [1.29, 1.82) is 0 Å². The number of halogens is 2. The van der Waals surface area contributed by atoms with Crippen molar-refractivity contribution in [3.8, 4) is 0 Å². The number of piperidine rings is 1. The highest BCUT2D eigenvalue weighted by atomic mass is 35.5. The molecule has 0 aromatic heterocycles. The topological polar surface area (TPSA) is 29.3 Å². The van der Waals surface area contributed by atoms with Crippen LogP contribution in [0.1, 0.15) is 12.8 Å². The largest absolute Gasteiger partial charge is 0.371 e. The Morgan fingerprint density at radius 2 is 1.81 bits per heavy atom. The molecule has 0 amide bonds. The number of anilines is 1. The van der Waals surface area contributed by atoms with Crippen LogP contribution in [0.25, 0.3) is 0 Å². The lowest BCUT2D eigenvalue weighted by Gasteiger charge is -2.37. The van der Waals surface area contributed by atoms with Crippen molar-refractivity contribution < 1.29 is 4.39 Å². The molecule has 1 fully saturated rings. The predicted octanol–water partition coefficient (Wildman–Crippen LogP) is 2.61. The summed E-state index contributed by atoms with van der Waals surface area (Å²) in [5, 5.41) is 0.725. The third kappa shape index (κ3) is 2.47. The summed E-state index contributed by atoms with van der Waals surface area (Å²) in [4.78, 5) is 2.17. The van der Waals surface area contributed by atoms with Crippen molar-refractivity contribution in [2.24, 2.45) is 5.73 Å². The molecule has 0 spiro atoms. The molecule has 1 aliphatic rings. The molecular formula is C12H16ClFN2. The smallest absolute Gasteiger partial charge is 0.126 e. The number of hydrogen-bond acceptors (Lipinski definition) is 2. The SMILES string of the molecule is NCC1(F)CCN(c2ccc(Cl)cc2)CC1. The number of benzene rings is 1. The van der Waals surface area contributed by atoms with Crippen LogP contribution in [0.3, 0.4) is 0 Å². The van der Waals surface area contributed by atoms with Crippen LogP contribution in [0.15, 0.2) is 24.3 Å². The predicted molar refractivity (Wildman–Crippen MR) is 65.8 cm³/mol. The van der Waals surface area contributed by atoms with E-state index in [2.05, 4.69) is 4.90 Å². The highest BCUT2D eigenvalue weighted by Crippen LogP contribution is 2.29. The average molecular weight is 243 g/mol. The molecule has 1 aromatic rings. The summed E-state index contributed by atoms with van der Waals surface area (Å²) in [6.45, 7) is 1.56. The number of alkyl halides is 1. The van der Waals surface area contributed by atoms with Gasteiger partial charge in [-0.3, -0.25) is 0 Å². The van der Waals surface area contributed by atoms with E-state index in [9.17, 15) is 4.39 Å². The fraction of sp³-hybridized carbons (Fsp3) is 0.500. The summed E-state index contributed by atoms with van der Waals surface area (Å²) < 4.78 is 13.9. The zero-order valence-corrected chi connectivity index (χ0v) is 9.88. The quantitative estimate of drug-likeness (QED) is 0.864. The van der Waals surface area contributed by atoms with Gasteiger partial charge in [0.2, 0.25) is 0 Å². The minimum absolute atomic E-state index is 0.126. The van der Waals surface area contributed by atoms with E-state index in [0.29, 0.717) is 12.8 Å². The second-order valence-electron chi connectivity index (χ2n) is 4.32. The van der Waals surface area contributed by atoms with Gasteiger partial charge in [0.15, 0.2) is 0 Å². The number of nitrogens with zero attached hydrogens (tertiary/aromatic N) is 1. The van der Waals surface area contributed by atoms with E-state index in [0.717, 1.165) is 23.8 Å². The molecule has 88 valence electrons. The molecule has 1 saturated heterocycles. The fourth-order valence-electron chi connectivity index (χ4n) is 2.02. The monoisotopic (exact) mass is 242 g/mol. The summed E-state index contributed by atoms with van der Waals surface area (Å²) >= 11 is 5.82. The van der Waals surface area contributed by atoms with E-state index >= 15 is 0 Å². The Bertz CT molecular complexity index is 345. The van der Waals surface area contributed by atoms with Crippen molar-refractivity contribution in [1.82, 2.24) is 0 Å². The van der Waals surface area contributed by atoms with Crippen molar-refractivity contribution in [2.45, 2.75) is 18.5 Å². The van der Waals surface area contributed by atoms with Crippen LogP contribution in [0.2, 0.25) is 5.02 Å². The van der Waals surface area contributed by atoms with Crippen molar-refractivity contribution in [2.75, 3.05) is 24.5 Å². The summed E-state index contributed by atoms with van der Waals surface area (Å²) in [6, 6.07) is 7.65. The molecule has 0 saturated carbocycles. The van der Waals surface area contributed by atoms with E-state index in [-0.39, 0.29) is 6.54 Å². The first-order valence-electron chi connectivity index (χ1n) is 5.52. The molecule has 16 heavy (non-hydrogen) atoms. The number of nitrogens with two attached hydrogens (primary N) is 1. The van der Waals surface area contributed by atoms with E-state index in [1.54, 1.807) is 0 Å². The van der Waals surface area contributed by atoms with Gasteiger partial charge in [-0.05, 0) is 24.3 Å². The van der Waals surface area contributed by atoms with Gasteiger partial charge in [0.1, 0.15) is 5.67 Å². The Morgan fingerprint density at radius 1 is 1.25 bits per heavy atom. The van der Waals surface area contributed by atoms with Gasteiger partial charge in [-0.25, -0.2) is 4.39 Å². The normalized spacial score (nSPS) is 19.8. The molecule has 0 bridgehead atoms. The molecular weight excluding hydrogens is 227 g/mol. The molecule has 2 nitrogen and oxygen atoms in total. The summed E-state index contributed by atoms with van der Waals surface area (Å²) in [5.41, 5.74) is 5.37. The average Bonchev–Trinajstić information content (AvgIpc) is 2.32. The molecule has 2 rings (SSSR count). The summed E-state index contributed by atoms with van der Waals surface area (Å²) in [6.07, 6.45) is 1.01. The van der Waals surface area contributed by atoms with E-state index in [1.807, 2.05) is 24.3 Å². The number of rotatable bonds is 2. The second kappa shape index (κ2) is 4.60. The van der Waals surface area contributed by atoms with Gasteiger partial charge in [0.25, 0.3) is 0 Å². The minimum atomic E-state index is -1.16. The highest BCUT2D eigenvalue weighted by Gasteiger charge is 2.32. The van der Waals surface area contributed by atoms with E-state index in [4.69, 9.17) is 17.3 Å². The molecule has 0 aliphatic carbocycles. The van der Waals surface area contributed by atoms with Crippen LogP contribution in [0.5, 0.6) is 0 Å². The van der Waals surface area contributed by atoms with Crippen LogP contribution >= 0.6 is 11.6 Å². The first-order chi connectivity index (χ1) is 7.63. The van der Waals surface area contributed by atoms with E-state index < -0.39 is 5.67 Å². The molecule has 1 heterocycles. The van der Waals surface area contributed by atoms with E-state index in [1.165, 1.54) is 0 Å². The van der Waals surface area contributed by atoms with Crippen LogP contribution in [-0.4, -0.2) is 25.3 Å². The zero-order valence-electron chi connectivity index (χ0n) is 9.13. The molecule has 4 heteroatoms. The van der Waals surface area contributed by atoms with Crippen LogP contribution in [0, 0.1) is 0 Å². The Hall–Kier alpha value is -0.800. The highest BCUT2D eigenvalue weighted by molar-refractivity contribution is 6.30. The summed E-state index contributed by atoms with van der Waals surface area (Å²) in [5.74, 6) is 0. The molecule has 0 atom stereocenters. The molecule has 0 radical (unpaired) electrons. The van der Waals surface area contributed by atoms with Crippen LogP contribution < -0.4 is 10.6 Å². The van der Waals surface area contributed by atoms with Crippen molar-refractivity contribution >= 4 is 17.3 Å². The Balaban J connectivity index is 2.01. The second-order valence-corrected chi connectivity index (χ2v) is 4.75. The van der Waals surface area contributed by atoms with Gasteiger partial charge in [0.05, 0.1) is 0 Å². The van der Waals surface area contributed by atoms with Gasteiger partial charge in [-0.1, -0.05) is 11.6 Å². The fourth-order valence-corrected chi connectivity index (χ4v) is 2.15. The van der Waals surface area contributed by atoms with Crippen molar-refractivity contribution in [3.63, 3.8) is 0 Å². The van der Waals surface area contributed by atoms with Crippen molar-refractivity contribution in [3.05, 3.63) is 29.3 Å². The number of hydrogen-bond donors (Lipinski definition) is 1. The Labute approximate surface area is 100 Å². The van der Waals surface area contributed by atoms with Crippen LogP contribution in [-0.2, 0) is 0 Å². The van der Waals surface area contributed by atoms with Crippen LogP contribution in [0.4, 0.5) is 10.1 Å². The lowest BCUT2D eigenvalue weighted by Crippen LogP contribution is -2.45. The summed E-state index contributed by atoms with van der Waals surface area (Å²) in [7, 11) is 0. The molecule has 1 aliphatic heterocycles. The zero-order chi connectivity index (χ0) is 11.6. The van der Waals surface area contributed by atoms with Gasteiger partial charge < -0.3 is 10.6 Å². The van der Waals surface area contributed by atoms with Gasteiger partial charge >= 0.3 is 0 Å². The molecule has 0 unspecified atom stereocenters. The molecule has 2 N–H and O–H groups in total. The Kier molecular flexibility index (Phi) is 3.36. The van der Waals surface area contributed by atoms with Gasteiger partial charge in [-0.15, -0.1) is 0 Å². The lowest BCUT2D eigenvalue weighted by atomic mass is 9.93. The van der Waals surface area contributed by atoms with Gasteiger partial charge in [0, 0.05) is 43.2 Å². The molecule has 1 aromatic carbocycles. The first kappa shape index (κ1) is 11.7. The third-order valence-electron chi connectivity index (χ3n) is 3.22. The standard InChI is InChI=1S/C12H16ClFN2/c13-10-1-3-11(4-2-10)16-7-5-12(14,9-15)6-8-16/h1-4H,5-9,15H2. The van der Waals surface area contributed by atoms with Gasteiger partial charge in [-0.2, -0.15) is 0 Å². The minimum Gasteiger partial charge on any atom is -0.371 e. The first-order valence-corrected chi connectivity index (χ1v) is 5.90. The Morgan fingerprint density at radius 3 is 2.31 bits per heavy atom. The maximum Gasteiger partial charge on any atom is 0.126 e. The lowest BCUT2D eigenvalue weighted by molar-refractivity contribution is 0.135. The maximum absolute atomic E-state index is 13.9. The third-order valence-corrected chi connectivity index (χ3v) is 3.47.